The Morgan fingerprint density at radius 3 is 2.00 bits per heavy atom. The van der Waals surface area contributed by atoms with E-state index in [4.69, 9.17) is 9.47 Å². The van der Waals surface area contributed by atoms with Gasteiger partial charge in [-0.1, -0.05) is 64.5 Å². The minimum absolute atomic E-state index is 0.257. The van der Waals surface area contributed by atoms with Gasteiger partial charge in [-0.2, -0.15) is 5.10 Å². The topological polar surface area (TPSA) is 94.1 Å². The van der Waals surface area contributed by atoms with Gasteiger partial charge < -0.3 is 9.47 Å². The normalized spacial score (nSPS) is 10.9. The molecule has 1 N–H and O–H groups in total. The molecule has 7 nitrogen and oxygen atoms in total. The number of carbonyl (C=O) groups excluding carboxylic acids is 3. The number of halogens is 1. The first kappa shape index (κ1) is 26.2. The van der Waals surface area contributed by atoms with Gasteiger partial charge in [-0.15, -0.1) is 0 Å². The smallest absolute Gasteiger partial charge is 0.343 e. The summed E-state index contributed by atoms with van der Waals surface area (Å²) in [6, 6.07) is 29.1. The van der Waals surface area contributed by atoms with E-state index in [-0.39, 0.29) is 11.7 Å². The van der Waals surface area contributed by atoms with Gasteiger partial charge in [0.2, 0.25) is 0 Å². The molecular formula is C30H21BrN2O5. The lowest BCUT2D eigenvalue weighted by Crippen LogP contribution is -2.17. The molecule has 4 aromatic rings. The molecule has 0 aromatic heterocycles. The zero-order chi connectivity index (χ0) is 26.7. The number of esters is 2. The van der Waals surface area contributed by atoms with E-state index in [9.17, 15) is 14.4 Å². The van der Waals surface area contributed by atoms with Crippen molar-refractivity contribution in [3.63, 3.8) is 0 Å². The second-order valence-corrected chi connectivity index (χ2v) is 8.71. The number of benzene rings is 4. The van der Waals surface area contributed by atoms with E-state index in [1.165, 1.54) is 18.4 Å². The highest BCUT2D eigenvalue weighted by Crippen LogP contribution is 2.22. The number of hydrogen-bond donors (Lipinski definition) is 1. The molecule has 0 saturated carbocycles. The van der Waals surface area contributed by atoms with Crippen molar-refractivity contribution in [2.45, 2.75) is 0 Å². The number of hydrazone groups is 1. The molecule has 0 saturated heterocycles. The number of para-hydroxylation sites is 2. The van der Waals surface area contributed by atoms with E-state index in [1.54, 1.807) is 97.1 Å². The molecule has 0 heterocycles. The molecule has 0 spiro atoms. The number of nitrogens with zero attached hydrogens (tertiary/aromatic N) is 1. The molecule has 4 rings (SSSR count). The second kappa shape index (κ2) is 12.9. The maximum absolute atomic E-state index is 12.6. The summed E-state index contributed by atoms with van der Waals surface area (Å²) in [4.78, 5) is 37.2. The lowest BCUT2D eigenvalue weighted by atomic mass is 10.2. The van der Waals surface area contributed by atoms with E-state index < -0.39 is 11.9 Å². The monoisotopic (exact) mass is 568 g/mol. The van der Waals surface area contributed by atoms with Gasteiger partial charge in [0.25, 0.3) is 5.91 Å². The Kier molecular flexibility index (Phi) is 8.93. The van der Waals surface area contributed by atoms with Crippen LogP contribution in [0.25, 0.3) is 6.08 Å². The molecule has 1 amide bonds. The highest BCUT2D eigenvalue weighted by Gasteiger charge is 2.11. The Morgan fingerprint density at radius 1 is 0.684 bits per heavy atom. The van der Waals surface area contributed by atoms with Gasteiger partial charge >= 0.3 is 11.9 Å². The summed E-state index contributed by atoms with van der Waals surface area (Å²) >= 11 is 3.32. The third-order valence-electron chi connectivity index (χ3n) is 5.14. The molecule has 38 heavy (non-hydrogen) atoms. The summed E-state index contributed by atoms with van der Waals surface area (Å²) in [6.07, 6.45) is 4.13. The molecule has 8 heteroatoms. The summed E-state index contributed by atoms with van der Waals surface area (Å²) in [5.74, 6) is -0.965. The summed E-state index contributed by atoms with van der Waals surface area (Å²) in [5.41, 5.74) is 4.33. The highest BCUT2D eigenvalue weighted by atomic mass is 79.9. The van der Waals surface area contributed by atoms with Gasteiger partial charge in [0.1, 0.15) is 11.5 Å². The maximum atomic E-state index is 12.6. The fraction of sp³-hybridized carbons (Fsp3) is 0. The molecule has 188 valence electrons. The van der Waals surface area contributed by atoms with Crippen LogP contribution in [0.1, 0.15) is 31.8 Å². The van der Waals surface area contributed by atoms with Crippen LogP contribution in [0.4, 0.5) is 0 Å². The highest BCUT2D eigenvalue weighted by molar-refractivity contribution is 9.10. The van der Waals surface area contributed by atoms with Crippen LogP contribution in [0, 0.1) is 0 Å². The number of carbonyl (C=O) groups is 3. The van der Waals surface area contributed by atoms with Gasteiger partial charge in [0.05, 0.1) is 11.8 Å². The number of rotatable bonds is 8. The maximum Gasteiger partial charge on any atom is 0.343 e. The predicted molar refractivity (Wildman–Crippen MR) is 148 cm³/mol. The van der Waals surface area contributed by atoms with E-state index in [0.29, 0.717) is 28.0 Å². The van der Waals surface area contributed by atoms with Gasteiger partial charge in [0.15, 0.2) is 0 Å². The molecule has 0 unspecified atom stereocenters. The lowest BCUT2D eigenvalue weighted by Gasteiger charge is -2.08. The number of nitrogens with one attached hydrogen (secondary N) is 1. The summed E-state index contributed by atoms with van der Waals surface area (Å²) in [5, 5.41) is 3.97. The molecule has 0 radical (unpaired) electrons. The minimum Gasteiger partial charge on any atom is -0.423 e. The van der Waals surface area contributed by atoms with Crippen molar-refractivity contribution in [1.82, 2.24) is 5.43 Å². The molecule has 0 fully saturated rings. The van der Waals surface area contributed by atoms with E-state index in [2.05, 4.69) is 26.5 Å². The molecule has 4 aromatic carbocycles. The Morgan fingerprint density at radius 2 is 1.29 bits per heavy atom. The van der Waals surface area contributed by atoms with Gasteiger partial charge in [-0.25, -0.2) is 15.0 Å². The predicted octanol–water partition coefficient (Wildman–Crippen LogP) is 6.05. The minimum atomic E-state index is -0.645. The van der Waals surface area contributed by atoms with Crippen LogP contribution < -0.4 is 14.9 Å². The molecule has 0 aliphatic rings. The van der Waals surface area contributed by atoms with Crippen molar-refractivity contribution in [3.8, 4) is 11.5 Å². The van der Waals surface area contributed by atoms with Crippen molar-refractivity contribution in [1.29, 1.82) is 0 Å². The third kappa shape index (κ3) is 7.35. The summed E-state index contributed by atoms with van der Waals surface area (Å²) in [7, 11) is 0. The number of hydrogen-bond acceptors (Lipinski definition) is 6. The van der Waals surface area contributed by atoms with Crippen LogP contribution in [0.5, 0.6) is 11.5 Å². The largest absolute Gasteiger partial charge is 0.423 e. The Labute approximate surface area is 227 Å². The summed E-state index contributed by atoms with van der Waals surface area (Å²) < 4.78 is 11.8. The standard InChI is InChI=1S/C30H21BrN2O5/c31-25-17-14-22(15-18-25)29(35)33-32-20-24-11-5-7-13-27(24)37-28(34)19-16-21-8-4-6-12-26(21)38-30(36)23-9-2-1-3-10-23/h1-20H,(H,33,35)/b19-16+,32-20+. The quantitative estimate of drug-likeness (QED) is 0.0917. The SMILES string of the molecule is O=C(/C=C/c1ccccc1OC(=O)c1ccccc1)Oc1ccccc1/C=N/NC(=O)c1ccc(Br)cc1. The van der Waals surface area contributed by atoms with Crippen LogP contribution >= 0.6 is 15.9 Å². The molecule has 0 aliphatic carbocycles. The first-order valence-corrected chi connectivity index (χ1v) is 12.2. The van der Waals surface area contributed by atoms with E-state index in [1.807, 2.05) is 6.07 Å². The molecule has 0 atom stereocenters. The van der Waals surface area contributed by atoms with Gasteiger partial charge in [-0.3, -0.25) is 4.79 Å². The second-order valence-electron chi connectivity index (χ2n) is 7.79. The molecule has 0 aliphatic heterocycles. The van der Waals surface area contributed by atoms with Crippen molar-refractivity contribution < 1.29 is 23.9 Å². The van der Waals surface area contributed by atoms with Crippen molar-refractivity contribution in [3.05, 3.63) is 136 Å². The van der Waals surface area contributed by atoms with Crippen molar-refractivity contribution in [2.75, 3.05) is 0 Å². The van der Waals surface area contributed by atoms with Crippen LogP contribution in [0.15, 0.2) is 119 Å². The first-order valence-electron chi connectivity index (χ1n) is 11.4. The lowest BCUT2D eigenvalue weighted by molar-refractivity contribution is -0.128. The van der Waals surface area contributed by atoms with Gasteiger partial charge in [-0.05, 0) is 60.7 Å². The Hall–Kier alpha value is -4.82. The van der Waals surface area contributed by atoms with Crippen molar-refractivity contribution in [2.24, 2.45) is 5.10 Å². The zero-order valence-electron chi connectivity index (χ0n) is 19.9. The van der Waals surface area contributed by atoms with Crippen LogP contribution in [-0.2, 0) is 4.79 Å². The average molecular weight is 569 g/mol. The van der Waals surface area contributed by atoms with Crippen LogP contribution in [0.3, 0.4) is 0 Å². The zero-order valence-corrected chi connectivity index (χ0v) is 21.5. The number of amides is 1. The fourth-order valence-electron chi connectivity index (χ4n) is 3.25. The first-order chi connectivity index (χ1) is 18.5. The average Bonchev–Trinajstić information content (AvgIpc) is 2.94. The fourth-order valence-corrected chi connectivity index (χ4v) is 3.52. The van der Waals surface area contributed by atoms with Gasteiger partial charge in [0, 0.05) is 27.2 Å². The van der Waals surface area contributed by atoms with Crippen LogP contribution in [-0.4, -0.2) is 24.1 Å². The van der Waals surface area contributed by atoms with E-state index >= 15 is 0 Å². The van der Waals surface area contributed by atoms with E-state index in [0.717, 1.165) is 4.47 Å². The molecular weight excluding hydrogens is 548 g/mol. The van der Waals surface area contributed by atoms with Crippen LogP contribution in [0.2, 0.25) is 0 Å². The van der Waals surface area contributed by atoms with Crippen molar-refractivity contribution >= 4 is 46.1 Å². The molecule has 0 bridgehead atoms. The third-order valence-corrected chi connectivity index (χ3v) is 5.66. The Bertz CT molecular complexity index is 1500. The Balaban J connectivity index is 1.40. The number of ether oxygens (including phenoxy) is 2. The summed E-state index contributed by atoms with van der Waals surface area (Å²) in [6.45, 7) is 0.